The molecule has 0 saturated carbocycles. The quantitative estimate of drug-likeness (QED) is 0.812. The van der Waals surface area contributed by atoms with Crippen LogP contribution < -0.4 is 10.1 Å². The average Bonchev–Trinajstić information content (AvgIpc) is 2.37. The molecule has 1 aromatic rings. The van der Waals surface area contributed by atoms with Crippen molar-refractivity contribution in [2.45, 2.75) is 33.4 Å². The van der Waals surface area contributed by atoms with E-state index in [-0.39, 0.29) is 17.7 Å². The van der Waals surface area contributed by atoms with E-state index < -0.39 is 6.61 Å². The van der Waals surface area contributed by atoms with Crippen LogP contribution in [0.25, 0.3) is 6.08 Å². The van der Waals surface area contributed by atoms with E-state index in [1.165, 1.54) is 18.2 Å². The van der Waals surface area contributed by atoms with Crippen molar-refractivity contribution in [2.24, 2.45) is 5.92 Å². The van der Waals surface area contributed by atoms with Gasteiger partial charge in [-0.2, -0.15) is 8.78 Å². The number of carbonyl (C=O) groups is 1. The van der Waals surface area contributed by atoms with Crippen LogP contribution in [0.15, 0.2) is 30.3 Å². The Hall–Kier alpha value is -1.91. The molecule has 20 heavy (non-hydrogen) atoms. The molecular weight excluding hydrogens is 264 g/mol. The molecule has 1 unspecified atom stereocenters. The summed E-state index contributed by atoms with van der Waals surface area (Å²) in [5.74, 6) is 0.271. The van der Waals surface area contributed by atoms with Crippen molar-refractivity contribution < 1.29 is 18.3 Å². The molecule has 3 nitrogen and oxygen atoms in total. The molecule has 0 fully saturated rings. The van der Waals surface area contributed by atoms with Gasteiger partial charge in [0.15, 0.2) is 0 Å². The van der Waals surface area contributed by atoms with Crippen LogP contribution in [0.4, 0.5) is 8.78 Å². The van der Waals surface area contributed by atoms with Crippen LogP contribution in [-0.4, -0.2) is 18.6 Å². The van der Waals surface area contributed by atoms with Gasteiger partial charge in [-0.1, -0.05) is 26.0 Å². The number of benzene rings is 1. The highest BCUT2D eigenvalue weighted by Gasteiger charge is 2.08. The van der Waals surface area contributed by atoms with Gasteiger partial charge in [-0.25, -0.2) is 0 Å². The second kappa shape index (κ2) is 7.62. The van der Waals surface area contributed by atoms with Gasteiger partial charge in [-0.3, -0.25) is 4.79 Å². The molecule has 0 bridgehead atoms. The van der Waals surface area contributed by atoms with Crippen LogP contribution in [0.3, 0.4) is 0 Å². The fourth-order valence-electron chi connectivity index (χ4n) is 1.37. The Morgan fingerprint density at radius 3 is 2.30 bits per heavy atom. The van der Waals surface area contributed by atoms with Gasteiger partial charge in [0, 0.05) is 12.1 Å². The third-order valence-electron chi connectivity index (χ3n) is 2.90. The minimum atomic E-state index is -2.83. The van der Waals surface area contributed by atoms with Crippen molar-refractivity contribution in [2.75, 3.05) is 0 Å². The van der Waals surface area contributed by atoms with Gasteiger partial charge in [0.1, 0.15) is 5.75 Å². The van der Waals surface area contributed by atoms with Gasteiger partial charge >= 0.3 is 6.61 Å². The Morgan fingerprint density at radius 2 is 1.80 bits per heavy atom. The maximum atomic E-state index is 12.0. The molecule has 1 N–H and O–H groups in total. The van der Waals surface area contributed by atoms with Crippen LogP contribution in [0, 0.1) is 5.92 Å². The summed E-state index contributed by atoms with van der Waals surface area (Å²) in [5.41, 5.74) is 0.735. The number of rotatable bonds is 6. The van der Waals surface area contributed by atoms with E-state index in [0.717, 1.165) is 5.56 Å². The number of hydrogen-bond acceptors (Lipinski definition) is 2. The van der Waals surface area contributed by atoms with Crippen molar-refractivity contribution in [3.63, 3.8) is 0 Å². The summed E-state index contributed by atoms with van der Waals surface area (Å²) >= 11 is 0. The highest BCUT2D eigenvalue weighted by Crippen LogP contribution is 2.15. The Bertz CT molecular complexity index is 455. The Labute approximate surface area is 117 Å². The Morgan fingerprint density at radius 1 is 1.20 bits per heavy atom. The van der Waals surface area contributed by atoms with Gasteiger partial charge in [0.2, 0.25) is 5.91 Å². The average molecular weight is 283 g/mol. The molecule has 0 spiro atoms. The Balaban J connectivity index is 2.55. The lowest BCUT2D eigenvalue weighted by Crippen LogP contribution is -2.34. The predicted octanol–water partition coefficient (Wildman–Crippen LogP) is 3.46. The van der Waals surface area contributed by atoms with E-state index in [1.807, 2.05) is 20.8 Å². The minimum absolute atomic E-state index is 0.0916. The van der Waals surface area contributed by atoms with Gasteiger partial charge in [0.25, 0.3) is 0 Å². The largest absolute Gasteiger partial charge is 0.435 e. The van der Waals surface area contributed by atoms with Gasteiger partial charge in [-0.05, 0) is 36.6 Å². The summed E-state index contributed by atoms with van der Waals surface area (Å²) in [4.78, 5) is 11.6. The SMILES string of the molecule is CC(C)C(C)NC(=O)C=Cc1ccc(OC(F)F)cc1. The van der Waals surface area contributed by atoms with Gasteiger partial charge < -0.3 is 10.1 Å². The highest BCUT2D eigenvalue weighted by atomic mass is 19.3. The van der Waals surface area contributed by atoms with Crippen molar-refractivity contribution in [3.05, 3.63) is 35.9 Å². The smallest absolute Gasteiger partial charge is 0.387 e. The second-order valence-corrected chi connectivity index (χ2v) is 4.82. The molecule has 0 aliphatic rings. The zero-order valence-corrected chi connectivity index (χ0v) is 11.8. The summed E-state index contributed by atoms with van der Waals surface area (Å²) in [7, 11) is 0. The summed E-state index contributed by atoms with van der Waals surface area (Å²) < 4.78 is 28.2. The van der Waals surface area contributed by atoms with Crippen LogP contribution in [0.5, 0.6) is 5.75 Å². The number of amides is 1. The molecule has 1 atom stereocenters. The lowest BCUT2D eigenvalue weighted by atomic mass is 10.1. The van der Waals surface area contributed by atoms with Crippen LogP contribution in [-0.2, 0) is 4.79 Å². The molecule has 0 aliphatic carbocycles. The fourth-order valence-corrected chi connectivity index (χ4v) is 1.37. The van der Waals surface area contributed by atoms with E-state index in [4.69, 9.17) is 0 Å². The number of carbonyl (C=O) groups excluding carboxylic acids is 1. The summed E-state index contributed by atoms with van der Waals surface area (Å²) in [5, 5.41) is 2.84. The lowest BCUT2D eigenvalue weighted by molar-refractivity contribution is -0.117. The molecule has 1 aromatic carbocycles. The molecule has 1 amide bonds. The van der Waals surface area contributed by atoms with E-state index in [2.05, 4.69) is 10.1 Å². The summed E-state index contributed by atoms with van der Waals surface area (Å²) in [6.45, 7) is 3.15. The third-order valence-corrected chi connectivity index (χ3v) is 2.90. The first-order valence-electron chi connectivity index (χ1n) is 6.42. The lowest BCUT2D eigenvalue weighted by Gasteiger charge is -2.15. The number of halogens is 2. The molecule has 0 saturated heterocycles. The maximum absolute atomic E-state index is 12.0. The highest BCUT2D eigenvalue weighted by molar-refractivity contribution is 5.91. The molecule has 110 valence electrons. The standard InChI is InChI=1S/C15H19F2NO2/c1-10(2)11(3)18-14(19)9-6-12-4-7-13(8-5-12)20-15(16)17/h4-11,15H,1-3H3,(H,18,19). The van der Waals surface area contributed by atoms with Crippen molar-refractivity contribution in [1.82, 2.24) is 5.32 Å². The number of hydrogen-bond donors (Lipinski definition) is 1. The first-order chi connectivity index (χ1) is 9.38. The van der Waals surface area contributed by atoms with E-state index in [1.54, 1.807) is 18.2 Å². The van der Waals surface area contributed by atoms with E-state index in [0.29, 0.717) is 5.92 Å². The summed E-state index contributed by atoms with van der Waals surface area (Å²) in [6, 6.07) is 6.16. The fraction of sp³-hybridized carbons (Fsp3) is 0.400. The van der Waals surface area contributed by atoms with Crippen molar-refractivity contribution in [3.8, 4) is 5.75 Å². The van der Waals surface area contributed by atoms with Crippen molar-refractivity contribution >= 4 is 12.0 Å². The number of alkyl halides is 2. The first kappa shape index (κ1) is 16.1. The molecule has 1 rings (SSSR count). The van der Waals surface area contributed by atoms with Crippen LogP contribution in [0.1, 0.15) is 26.3 Å². The van der Waals surface area contributed by atoms with Gasteiger partial charge in [0.05, 0.1) is 0 Å². The zero-order chi connectivity index (χ0) is 15.1. The number of nitrogens with one attached hydrogen (secondary N) is 1. The predicted molar refractivity (Wildman–Crippen MR) is 74.6 cm³/mol. The monoisotopic (exact) mass is 283 g/mol. The Kier molecular flexibility index (Phi) is 6.15. The maximum Gasteiger partial charge on any atom is 0.387 e. The van der Waals surface area contributed by atoms with Crippen molar-refractivity contribution in [1.29, 1.82) is 0 Å². The molecule has 0 aromatic heterocycles. The topological polar surface area (TPSA) is 38.3 Å². The van der Waals surface area contributed by atoms with E-state index in [9.17, 15) is 13.6 Å². The van der Waals surface area contributed by atoms with Crippen LogP contribution >= 0.6 is 0 Å². The molecule has 0 radical (unpaired) electrons. The first-order valence-corrected chi connectivity index (χ1v) is 6.42. The molecule has 0 aliphatic heterocycles. The summed E-state index contributed by atoms with van der Waals surface area (Å²) in [6.07, 6.45) is 3.04. The number of ether oxygens (including phenoxy) is 1. The molecule has 5 heteroatoms. The molecular formula is C15H19F2NO2. The normalized spacial score (nSPS) is 12.9. The van der Waals surface area contributed by atoms with Crippen LogP contribution in [0.2, 0.25) is 0 Å². The molecule has 0 heterocycles. The zero-order valence-electron chi connectivity index (χ0n) is 11.8. The van der Waals surface area contributed by atoms with Gasteiger partial charge in [-0.15, -0.1) is 0 Å². The third kappa shape index (κ3) is 5.82. The minimum Gasteiger partial charge on any atom is -0.435 e. The second-order valence-electron chi connectivity index (χ2n) is 4.82. The van der Waals surface area contributed by atoms with E-state index >= 15 is 0 Å².